The van der Waals surface area contributed by atoms with Crippen LogP contribution in [0.1, 0.15) is 11.8 Å². The van der Waals surface area contributed by atoms with Gasteiger partial charge in [-0.05, 0) is 12.1 Å². The number of rotatable bonds is 1. The van der Waals surface area contributed by atoms with Gasteiger partial charge in [0.05, 0.1) is 0 Å². The molecule has 0 saturated heterocycles. The zero-order valence-corrected chi connectivity index (χ0v) is 4.87. The normalized spacial score (nSPS) is 8.89. The molecule has 0 radical (unpaired) electrons. The number of hydrogen-bond acceptors (Lipinski definition) is 1. The summed E-state index contributed by atoms with van der Waals surface area (Å²) in [6.07, 6.45) is 0. The minimum absolute atomic E-state index is 0. The lowest BCUT2D eigenvalue weighted by Crippen LogP contribution is -2.09. The first kappa shape index (κ1) is 5.82. The van der Waals surface area contributed by atoms with E-state index in [9.17, 15) is 4.79 Å². The van der Waals surface area contributed by atoms with E-state index < -0.39 is 0 Å². The second kappa shape index (κ2) is 2.31. The molecular weight excluding hydrogens is 114 g/mol. The summed E-state index contributed by atoms with van der Waals surface area (Å²) < 4.78 is 0. The molecule has 46 valence electrons. The molecular formula is C7H8NO+. The fourth-order valence-corrected chi connectivity index (χ4v) is 0.602. The standard InChI is InChI=1S/C7H7NO/c8-7(9)6-4-2-1-3-5-6/h1-5H,(H2,8,9)/p+1. The number of carbonyl (C=O) groups excluding carboxylic acids is 1. The number of carbonyl (C=O) groups is 1. The molecule has 0 bridgehead atoms. The average molecular weight is 122 g/mol. The molecule has 2 heteroatoms. The topological polar surface area (TPSA) is 43.1 Å². The molecule has 0 spiro atoms. The van der Waals surface area contributed by atoms with Crippen LogP contribution in [0.25, 0.3) is 0 Å². The lowest BCUT2D eigenvalue weighted by Gasteiger charge is -1.89. The van der Waals surface area contributed by atoms with E-state index >= 15 is 0 Å². The van der Waals surface area contributed by atoms with Crippen molar-refractivity contribution < 1.29 is 6.22 Å². The Hall–Kier alpha value is -1.31. The number of primary amides is 1. The maximum atomic E-state index is 10.4. The third-order valence-electron chi connectivity index (χ3n) is 1.06. The molecule has 2 nitrogen and oxygen atoms in total. The third kappa shape index (κ3) is 1.29. The van der Waals surface area contributed by atoms with Gasteiger partial charge in [-0.3, -0.25) is 4.79 Å². The van der Waals surface area contributed by atoms with Gasteiger partial charge in [-0.15, -0.1) is 0 Å². The van der Waals surface area contributed by atoms with E-state index in [0.29, 0.717) is 5.56 Å². The van der Waals surface area contributed by atoms with Crippen molar-refractivity contribution in [3.8, 4) is 0 Å². The first-order chi connectivity index (χ1) is 4.30. The highest BCUT2D eigenvalue weighted by molar-refractivity contribution is 5.92. The molecule has 0 fully saturated rings. The van der Waals surface area contributed by atoms with Crippen LogP contribution in [0, 0.1) is 0 Å². The van der Waals surface area contributed by atoms with Crippen molar-refractivity contribution in [2.45, 2.75) is 0 Å². The van der Waals surface area contributed by atoms with Gasteiger partial charge in [0.2, 0.25) is 5.91 Å². The Kier molecular flexibility index (Phi) is 1.49. The van der Waals surface area contributed by atoms with E-state index in [4.69, 9.17) is 5.73 Å². The molecule has 1 aromatic rings. The molecule has 1 aromatic carbocycles. The van der Waals surface area contributed by atoms with Crippen LogP contribution < -0.4 is 5.73 Å². The summed E-state index contributed by atoms with van der Waals surface area (Å²) in [5, 5.41) is 0. The molecule has 0 unspecified atom stereocenters. The molecule has 1 rings (SSSR count). The maximum Gasteiger partial charge on any atom is 1.00 e. The van der Waals surface area contributed by atoms with Crippen molar-refractivity contribution in [3.63, 3.8) is 0 Å². The van der Waals surface area contributed by atoms with E-state index in [1.165, 1.54) is 0 Å². The zero-order chi connectivity index (χ0) is 6.69. The summed E-state index contributed by atoms with van der Waals surface area (Å²) in [6, 6.07) is 8.76. The van der Waals surface area contributed by atoms with Gasteiger partial charge < -0.3 is 5.73 Å². The van der Waals surface area contributed by atoms with Gasteiger partial charge in [-0.2, -0.15) is 0 Å². The SMILES string of the molecule is NC(=O)c1ccccc1.[H+]. The monoisotopic (exact) mass is 122 g/mol. The number of benzene rings is 1. The summed E-state index contributed by atoms with van der Waals surface area (Å²) in [5.74, 6) is -0.379. The molecule has 1 amide bonds. The Morgan fingerprint density at radius 2 is 1.89 bits per heavy atom. The van der Waals surface area contributed by atoms with Crippen LogP contribution >= 0.6 is 0 Å². The van der Waals surface area contributed by atoms with E-state index in [1.54, 1.807) is 24.3 Å². The van der Waals surface area contributed by atoms with E-state index in [1.807, 2.05) is 6.07 Å². The van der Waals surface area contributed by atoms with Crippen LogP contribution in [0.15, 0.2) is 30.3 Å². The van der Waals surface area contributed by atoms with Gasteiger partial charge >= 0.3 is 1.43 Å². The van der Waals surface area contributed by atoms with Crippen molar-refractivity contribution in [1.29, 1.82) is 0 Å². The predicted molar refractivity (Wildman–Crippen MR) is 36.1 cm³/mol. The van der Waals surface area contributed by atoms with Gasteiger partial charge in [0.1, 0.15) is 0 Å². The Labute approximate surface area is 54.8 Å². The quantitative estimate of drug-likeness (QED) is 0.590. The average Bonchev–Trinajstić information content (AvgIpc) is 1.90. The van der Waals surface area contributed by atoms with Gasteiger partial charge in [0.25, 0.3) is 0 Å². The van der Waals surface area contributed by atoms with E-state index in [2.05, 4.69) is 0 Å². The van der Waals surface area contributed by atoms with Crippen LogP contribution in [0.3, 0.4) is 0 Å². The summed E-state index contributed by atoms with van der Waals surface area (Å²) in [5.41, 5.74) is 5.53. The molecule has 2 N–H and O–H groups in total. The lowest BCUT2D eigenvalue weighted by molar-refractivity contribution is 0.100. The van der Waals surface area contributed by atoms with Crippen molar-refractivity contribution in [3.05, 3.63) is 35.9 Å². The van der Waals surface area contributed by atoms with Crippen LogP contribution in [-0.4, -0.2) is 5.91 Å². The molecule has 9 heavy (non-hydrogen) atoms. The lowest BCUT2D eigenvalue weighted by atomic mass is 10.2. The number of nitrogens with two attached hydrogens (primary N) is 1. The van der Waals surface area contributed by atoms with Crippen molar-refractivity contribution in [2.24, 2.45) is 5.73 Å². The molecule has 0 atom stereocenters. The second-order valence-electron chi connectivity index (χ2n) is 1.73. The predicted octanol–water partition coefficient (Wildman–Crippen LogP) is 0.898. The summed E-state index contributed by atoms with van der Waals surface area (Å²) >= 11 is 0. The Balaban J connectivity index is 0.000000810. The fourth-order valence-electron chi connectivity index (χ4n) is 0.602. The largest absolute Gasteiger partial charge is 1.00 e. The third-order valence-corrected chi connectivity index (χ3v) is 1.06. The fraction of sp³-hybridized carbons (Fsp3) is 0. The van der Waals surface area contributed by atoms with Crippen molar-refractivity contribution in [2.75, 3.05) is 0 Å². The highest BCUT2D eigenvalue weighted by Crippen LogP contribution is 1.94. The van der Waals surface area contributed by atoms with Crippen molar-refractivity contribution in [1.82, 2.24) is 0 Å². The smallest absolute Gasteiger partial charge is 0.366 e. The van der Waals surface area contributed by atoms with Gasteiger partial charge in [0.15, 0.2) is 0 Å². The summed E-state index contributed by atoms with van der Waals surface area (Å²) in [7, 11) is 0. The van der Waals surface area contributed by atoms with Crippen LogP contribution in [0.2, 0.25) is 0 Å². The second-order valence-corrected chi connectivity index (χ2v) is 1.73. The van der Waals surface area contributed by atoms with Crippen LogP contribution in [0.4, 0.5) is 0 Å². The highest BCUT2D eigenvalue weighted by atomic mass is 16.1. The maximum absolute atomic E-state index is 10.4. The highest BCUT2D eigenvalue weighted by Gasteiger charge is 1.93. The first-order valence-corrected chi connectivity index (χ1v) is 2.65. The minimum Gasteiger partial charge on any atom is -0.366 e. The van der Waals surface area contributed by atoms with Gasteiger partial charge in [-0.25, -0.2) is 0 Å². The molecule has 0 saturated carbocycles. The molecule has 0 aliphatic heterocycles. The van der Waals surface area contributed by atoms with Crippen molar-refractivity contribution >= 4 is 5.91 Å². The molecule has 0 aromatic heterocycles. The van der Waals surface area contributed by atoms with Crippen LogP contribution in [0.5, 0.6) is 0 Å². The summed E-state index contributed by atoms with van der Waals surface area (Å²) in [6.45, 7) is 0. The Bertz CT molecular complexity index is 210. The van der Waals surface area contributed by atoms with Gasteiger partial charge in [0, 0.05) is 5.56 Å². The molecule has 0 heterocycles. The number of amides is 1. The van der Waals surface area contributed by atoms with E-state index in [-0.39, 0.29) is 7.33 Å². The van der Waals surface area contributed by atoms with E-state index in [0.717, 1.165) is 0 Å². The minimum atomic E-state index is -0.379. The Morgan fingerprint density at radius 1 is 1.33 bits per heavy atom. The van der Waals surface area contributed by atoms with Crippen LogP contribution in [-0.2, 0) is 0 Å². The first-order valence-electron chi connectivity index (χ1n) is 2.65. The number of hydrogen-bond donors (Lipinski definition) is 1. The zero-order valence-electron chi connectivity index (χ0n) is 5.87. The summed E-state index contributed by atoms with van der Waals surface area (Å²) in [4.78, 5) is 10.4. The van der Waals surface area contributed by atoms with Gasteiger partial charge in [-0.1, -0.05) is 18.2 Å². The Morgan fingerprint density at radius 3 is 2.22 bits per heavy atom. The molecule has 0 aliphatic rings. The molecule has 0 aliphatic carbocycles.